The van der Waals surface area contributed by atoms with E-state index in [1.54, 1.807) is 25.2 Å². The quantitative estimate of drug-likeness (QED) is 0.514. The predicted molar refractivity (Wildman–Crippen MR) is 61.9 cm³/mol. The second-order valence-corrected chi connectivity index (χ2v) is 8.52. The van der Waals surface area contributed by atoms with Gasteiger partial charge in [0.05, 0.1) is 0 Å². The van der Waals surface area contributed by atoms with Gasteiger partial charge in [0.25, 0.3) is 0 Å². The van der Waals surface area contributed by atoms with Gasteiger partial charge in [-0.25, -0.2) is 0 Å². The highest BCUT2D eigenvalue weighted by Gasteiger charge is 2.42. The normalized spacial score (nSPS) is 40.4. The standard InChI is InChI=1S/C12H23P/c1-12(2,3)11-10-6-4-5-8-13(11)9-7-10/h10-11H,4-9H2,1-3H3/t10-,11+,13?/m0/s1. The third-order valence-electron chi connectivity index (χ3n) is 3.78. The molecule has 2 bridgehead atoms. The van der Waals surface area contributed by atoms with Gasteiger partial charge in [-0.2, -0.15) is 0 Å². The Morgan fingerprint density at radius 3 is 2.46 bits per heavy atom. The molecular formula is C12H23P. The van der Waals surface area contributed by atoms with Gasteiger partial charge in [-0.3, -0.25) is 0 Å². The van der Waals surface area contributed by atoms with Crippen molar-refractivity contribution in [3.8, 4) is 0 Å². The van der Waals surface area contributed by atoms with E-state index in [4.69, 9.17) is 0 Å². The number of hydrogen-bond acceptors (Lipinski definition) is 0. The summed E-state index contributed by atoms with van der Waals surface area (Å²) in [6.45, 7) is 7.41. The van der Waals surface area contributed by atoms with Crippen LogP contribution in [0, 0.1) is 11.3 Å². The Labute approximate surface area is 84.2 Å². The Kier molecular flexibility index (Phi) is 2.71. The molecule has 2 fully saturated rings. The minimum Gasteiger partial charge on any atom is -0.103 e. The molecule has 0 aromatic heterocycles. The highest BCUT2D eigenvalue weighted by atomic mass is 31.1. The lowest BCUT2D eigenvalue weighted by atomic mass is 9.81. The molecule has 0 amide bonds. The Morgan fingerprint density at radius 1 is 1.00 bits per heavy atom. The lowest BCUT2D eigenvalue weighted by Gasteiger charge is -2.35. The second kappa shape index (κ2) is 3.54. The van der Waals surface area contributed by atoms with E-state index >= 15 is 0 Å². The van der Waals surface area contributed by atoms with E-state index in [0.717, 1.165) is 11.6 Å². The van der Waals surface area contributed by atoms with Gasteiger partial charge >= 0.3 is 0 Å². The van der Waals surface area contributed by atoms with Gasteiger partial charge in [0.15, 0.2) is 0 Å². The predicted octanol–water partition coefficient (Wildman–Crippen LogP) is 4.09. The molecule has 2 aliphatic heterocycles. The first-order valence-corrected chi connectivity index (χ1v) is 7.61. The Hall–Kier alpha value is 0.430. The Balaban J connectivity index is 2.16. The molecule has 0 radical (unpaired) electrons. The molecule has 3 atom stereocenters. The van der Waals surface area contributed by atoms with Gasteiger partial charge < -0.3 is 0 Å². The van der Waals surface area contributed by atoms with Crippen LogP contribution in [0.25, 0.3) is 0 Å². The van der Waals surface area contributed by atoms with E-state index < -0.39 is 0 Å². The van der Waals surface area contributed by atoms with Crippen LogP contribution in [0.5, 0.6) is 0 Å². The summed E-state index contributed by atoms with van der Waals surface area (Å²) in [6.07, 6.45) is 9.36. The third-order valence-corrected chi connectivity index (χ3v) is 7.49. The molecule has 0 spiro atoms. The maximum absolute atomic E-state index is 2.47. The van der Waals surface area contributed by atoms with E-state index in [1.807, 2.05) is 0 Å². The van der Waals surface area contributed by atoms with Crippen LogP contribution in [0.3, 0.4) is 0 Å². The van der Waals surface area contributed by atoms with Gasteiger partial charge in [-0.05, 0) is 48.6 Å². The molecule has 1 heteroatoms. The van der Waals surface area contributed by atoms with Crippen molar-refractivity contribution in [1.29, 1.82) is 0 Å². The minimum atomic E-state index is 0.426. The molecule has 1 unspecified atom stereocenters. The number of hydrogen-bond donors (Lipinski definition) is 0. The summed E-state index contributed by atoms with van der Waals surface area (Å²) in [6, 6.07) is 0. The molecule has 0 N–H and O–H groups in total. The summed E-state index contributed by atoms with van der Waals surface area (Å²) >= 11 is 0. The maximum Gasteiger partial charge on any atom is -0.0132 e. The zero-order chi connectivity index (χ0) is 9.47. The van der Waals surface area contributed by atoms with Crippen LogP contribution in [-0.2, 0) is 0 Å². The van der Waals surface area contributed by atoms with Crippen molar-refractivity contribution in [2.45, 2.75) is 52.1 Å². The lowest BCUT2D eigenvalue weighted by Crippen LogP contribution is -2.28. The van der Waals surface area contributed by atoms with Crippen molar-refractivity contribution in [1.82, 2.24) is 0 Å². The van der Waals surface area contributed by atoms with Crippen molar-refractivity contribution in [3.63, 3.8) is 0 Å². The van der Waals surface area contributed by atoms with E-state index in [2.05, 4.69) is 20.8 Å². The summed E-state index contributed by atoms with van der Waals surface area (Å²) in [4.78, 5) is 0. The molecule has 0 aromatic rings. The van der Waals surface area contributed by atoms with Crippen LogP contribution in [0.1, 0.15) is 46.5 Å². The van der Waals surface area contributed by atoms with Crippen LogP contribution in [0.4, 0.5) is 0 Å². The van der Waals surface area contributed by atoms with Gasteiger partial charge in [-0.1, -0.05) is 27.2 Å². The summed E-state index contributed by atoms with van der Waals surface area (Å²) in [5.74, 6) is 1.11. The van der Waals surface area contributed by atoms with Gasteiger partial charge in [0.1, 0.15) is 0 Å². The van der Waals surface area contributed by atoms with Gasteiger partial charge in [0.2, 0.25) is 0 Å². The highest BCUT2D eigenvalue weighted by Crippen LogP contribution is 2.61. The molecule has 2 rings (SSSR count). The number of rotatable bonds is 0. The molecule has 0 aliphatic carbocycles. The van der Waals surface area contributed by atoms with E-state index in [-0.39, 0.29) is 0 Å². The van der Waals surface area contributed by atoms with Crippen LogP contribution < -0.4 is 0 Å². The molecule has 13 heavy (non-hydrogen) atoms. The molecule has 76 valence electrons. The Bertz CT molecular complexity index is 166. The molecule has 0 saturated carbocycles. The summed E-state index contributed by atoms with van der Waals surface area (Å²) in [5.41, 5.74) is 1.70. The van der Waals surface area contributed by atoms with Crippen molar-refractivity contribution in [3.05, 3.63) is 0 Å². The van der Waals surface area contributed by atoms with Crippen LogP contribution in [-0.4, -0.2) is 18.0 Å². The largest absolute Gasteiger partial charge is 0.103 e. The molecule has 0 aromatic carbocycles. The van der Waals surface area contributed by atoms with E-state index in [1.165, 1.54) is 12.8 Å². The maximum atomic E-state index is 2.47. The number of fused-ring (bicyclic) bond motifs is 2. The second-order valence-electron chi connectivity index (χ2n) is 5.89. The summed E-state index contributed by atoms with van der Waals surface area (Å²) < 4.78 is 0. The summed E-state index contributed by atoms with van der Waals surface area (Å²) in [7, 11) is 0.426. The minimum absolute atomic E-state index is 0.426. The zero-order valence-corrected chi connectivity index (χ0v) is 10.2. The smallest absolute Gasteiger partial charge is 0.0132 e. The van der Waals surface area contributed by atoms with E-state index in [9.17, 15) is 0 Å². The average molecular weight is 198 g/mol. The molecule has 2 aliphatic rings. The van der Waals surface area contributed by atoms with Crippen molar-refractivity contribution in [2.24, 2.45) is 11.3 Å². The monoisotopic (exact) mass is 198 g/mol. The zero-order valence-electron chi connectivity index (χ0n) is 9.34. The first kappa shape index (κ1) is 9.97. The Morgan fingerprint density at radius 2 is 1.77 bits per heavy atom. The third kappa shape index (κ3) is 1.94. The van der Waals surface area contributed by atoms with Gasteiger partial charge in [0, 0.05) is 0 Å². The van der Waals surface area contributed by atoms with Crippen LogP contribution in [0.15, 0.2) is 0 Å². The van der Waals surface area contributed by atoms with E-state index in [0.29, 0.717) is 13.3 Å². The molecule has 0 nitrogen and oxygen atoms in total. The molecule has 2 heterocycles. The highest BCUT2D eigenvalue weighted by molar-refractivity contribution is 7.58. The van der Waals surface area contributed by atoms with Crippen LogP contribution in [0.2, 0.25) is 0 Å². The lowest BCUT2D eigenvalue weighted by molar-refractivity contribution is 0.301. The first-order valence-electron chi connectivity index (χ1n) is 5.83. The summed E-state index contributed by atoms with van der Waals surface area (Å²) in [5, 5.41) is 0. The fourth-order valence-corrected chi connectivity index (χ4v) is 7.52. The molecule has 2 saturated heterocycles. The van der Waals surface area contributed by atoms with Gasteiger partial charge in [-0.15, -0.1) is 7.92 Å². The topological polar surface area (TPSA) is 0 Å². The first-order chi connectivity index (χ1) is 6.09. The average Bonchev–Trinajstić information content (AvgIpc) is 2.22. The molecular weight excluding hydrogens is 175 g/mol. The van der Waals surface area contributed by atoms with Crippen LogP contribution >= 0.6 is 7.92 Å². The fourth-order valence-electron chi connectivity index (χ4n) is 3.46. The SMILES string of the molecule is CC(C)(C)[C@H]1[C@H]2CCCCP1CC2. The fraction of sp³-hybridized carbons (Fsp3) is 1.00. The van der Waals surface area contributed by atoms with Crippen molar-refractivity contribution in [2.75, 3.05) is 12.3 Å². The van der Waals surface area contributed by atoms with Crippen molar-refractivity contribution >= 4 is 7.92 Å². The van der Waals surface area contributed by atoms with Crippen molar-refractivity contribution < 1.29 is 0 Å².